The molecular formula is C19H18B2N6O8S2. The Bertz CT molecular complexity index is 1230. The normalized spacial score (nSPS) is 25.0. The van der Waals surface area contributed by atoms with Crippen molar-refractivity contribution in [2.75, 3.05) is 19.6 Å². The minimum absolute atomic E-state index is 0.113. The lowest BCUT2D eigenvalue weighted by molar-refractivity contribution is -0.153. The number of carbonyl (C=O) groups excluding carboxylic acids is 5. The van der Waals surface area contributed by atoms with Crippen LogP contribution in [0.2, 0.25) is 0 Å². The summed E-state index contributed by atoms with van der Waals surface area (Å²) in [7, 11) is 9.94. The molecule has 0 aromatic carbocycles. The number of hydrazine groups is 1. The van der Waals surface area contributed by atoms with Crippen molar-refractivity contribution < 1.29 is 38.1 Å². The minimum atomic E-state index is -1.62. The third kappa shape index (κ3) is 4.59. The Morgan fingerprint density at radius 3 is 2.59 bits per heavy atom. The molecule has 1 aromatic heterocycles. The molecule has 0 saturated carbocycles. The molecule has 18 heteroatoms. The number of rotatable bonds is 9. The number of aryl methyl sites for hydroxylation is 1. The van der Waals surface area contributed by atoms with Crippen molar-refractivity contribution in [3.63, 3.8) is 0 Å². The first kappa shape index (κ1) is 26.7. The van der Waals surface area contributed by atoms with Crippen molar-refractivity contribution in [3.05, 3.63) is 28.4 Å². The molecule has 0 aliphatic carbocycles. The van der Waals surface area contributed by atoms with Gasteiger partial charge in [-0.25, -0.2) is 20.4 Å². The van der Waals surface area contributed by atoms with Crippen LogP contribution in [0.3, 0.4) is 0 Å². The Balaban J connectivity index is 1.55. The Morgan fingerprint density at radius 1 is 1.30 bits per heavy atom. The second kappa shape index (κ2) is 10.2. The number of ketones is 1. The first-order valence-corrected chi connectivity index (χ1v) is 12.3. The van der Waals surface area contributed by atoms with Crippen LogP contribution in [0.5, 0.6) is 0 Å². The van der Waals surface area contributed by atoms with Gasteiger partial charge >= 0.3 is 34.1 Å². The van der Waals surface area contributed by atoms with Gasteiger partial charge in [-0.15, -0.1) is 11.3 Å². The molecule has 37 heavy (non-hydrogen) atoms. The second-order valence-electron chi connectivity index (χ2n) is 8.14. The average molecular weight is 544 g/mol. The molecule has 190 valence electrons. The Labute approximate surface area is 221 Å². The summed E-state index contributed by atoms with van der Waals surface area (Å²) >= 11 is 2.22. The number of nitrogens with two attached hydrogens (primary N) is 1. The number of oxime groups is 1. The van der Waals surface area contributed by atoms with E-state index in [1.807, 2.05) is 0 Å². The fraction of sp³-hybridized carbons (Fsp3) is 0.421. The first-order chi connectivity index (χ1) is 17.5. The number of amides is 3. The third-order valence-corrected chi connectivity index (χ3v) is 8.47. The van der Waals surface area contributed by atoms with E-state index in [4.69, 9.17) is 26.8 Å². The summed E-state index contributed by atoms with van der Waals surface area (Å²) in [5.74, 6) is 1.15. The minimum Gasteiger partial charge on any atom is -0.541 e. The van der Waals surface area contributed by atoms with E-state index in [2.05, 4.69) is 26.0 Å². The molecular weight excluding hydrogens is 526 g/mol. The summed E-state index contributed by atoms with van der Waals surface area (Å²) < 4.78 is 8.48. The molecule has 3 amide bonds. The van der Waals surface area contributed by atoms with Gasteiger partial charge in [-0.2, -0.15) is 0 Å². The molecule has 4 radical (unpaired) electrons. The monoisotopic (exact) mass is 544 g/mol. The largest absolute Gasteiger partial charge is 0.541 e. The van der Waals surface area contributed by atoms with E-state index in [-0.39, 0.29) is 37.5 Å². The maximum absolute atomic E-state index is 13.2. The molecule has 0 bridgehead atoms. The Morgan fingerprint density at radius 2 is 2.03 bits per heavy atom. The molecule has 3 saturated heterocycles. The number of hydrogen-bond acceptors (Lipinski definition) is 13. The number of nitrogens with zero attached hydrogens (tertiary/aromatic N) is 5. The highest BCUT2D eigenvalue weighted by atomic mass is 32.2. The van der Waals surface area contributed by atoms with Crippen molar-refractivity contribution in [1.29, 1.82) is 0 Å². The van der Waals surface area contributed by atoms with E-state index in [0.29, 0.717) is 5.01 Å². The summed E-state index contributed by atoms with van der Waals surface area (Å²) in [6.45, 7) is 5.12. The van der Waals surface area contributed by atoms with E-state index in [0.717, 1.165) is 16.8 Å². The molecule has 4 heterocycles. The van der Waals surface area contributed by atoms with Crippen molar-refractivity contribution >= 4 is 74.6 Å². The summed E-state index contributed by atoms with van der Waals surface area (Å²) in [4.78, 5) is 73.0. The number of aromatic nitrogens is 1. The number of carbonyl (C=O) groups is 5. The van der Waals surface area contributed by atoms with Crippen LogP contribution in [0, 0.1) is 12.8 Å². The Hall–Kier alpha value is -3.37. The van der Waals surface area contributed by atoms with Gasteiger partial charge in [-0.1, -0.05) is 16.9 Å². The molecule has 4 rings (SSSR count). The highest BCUT2D eigenvalue weighted by Crippen LogP contribution is 2.53. The zero-order chi connectivity index (χ0) is 27.1. The lowest BCUT2D eigenvalue weighted by Gasteiger charge is -2.40. The van der Waals surface area contributed by atoms with Gasteiger partial charge in [0.15, 0.2) is 11.5 Å². The van der Waals surface area contributed by atoms with Crippen molar-refractivity contribution in [1.82, 2.24) is 19.8 Å². The highest BCUT2D eigenvalue weighted by molar-refractivity contribution is 8.02. The van der Waals surface area contributed by atoms with Crippen LogP contribution in [0.1, 0.15) is 17.1 Å². The summed E-state index contributed by atoms with van der Waals surface area (Å²) in [5, 5.41) is 6.19. The van der Waals surface area contributed by atoms with Crippen LogP contribution < -0.4 is 5.84 Å². The predicted octanol–water partition coefficient (Wildman–Crippen LogP) is -1.26. The van der Waals surface area contributed by atoms with Gasteiger partial charge < -0.3 is 19.0 Å². The van der Waals surface area contributed by atoms with E-state index in [1.54, 1.807) is 12.3 Å². The van der Waals surface area contributed by atoms with Crippen molar-refractivity contribution in [2.45, 2.75) is 23.6 Å². The molecule has 3 atom stereocenters. The van der Waals surface area contributed by atoms with E-state index < -0.39 is 51.6 Å². The number of hydrogen-bond donors (Lipinski definition) is 1. The number of β-lactam (4-membered cyclic amide) rings is 1. The van der Waals surface area contributed by atoms with Gasteiger partial charge in [0.2, 0.25) is 16.5 Å². The zero-order valence-electron chi connectivity index (χ0n) is 19.3. The van der Waals surface area contributed by atoms with E-state index >= 15 is 0 Å². The fourth-order valence-corrected chi connectivity index (χ4v) is 6.47. The molecule has 1 unspecified atom stereocenters. The van der Waals surface area contributed by atoms with Crippen molar-refractivity contribution in [2.24, 2.45) is 16.9 Å². The topological polar surface area (TPSA) is 174 Å². The number of fused-ring (bicyclic) bond motifs is 1. The molecule has 0 spiro atoms. The van der Waals surface area contributed by atoms with Gasteiger partial charge in [0.25, 0.3) is 0 Å². The van der Waals surface area contributed by atoms with Gasteiger partial charge in [-0.05, 0) is 13.5 Å². The van der Waals surface area contributed by atoms with Crippen LogP contribution in [0.15, 0.2) is 22.9 Å². The maximum atomic E-state index is 13.2. The second-order valence-corrected chi connectivity index (χ2v) is 10.6. The lowest BCUT2D eigenvalue weighted by Crippen LogP contribution is -2.60. The van der Waals surface area contributed by atoms with Crippen LogP contribution >= 0.6 is 23.1 Å². The summed E-state index contributed by atoms with van der Waals surface area (Å²) in [5.41, 5.74) is -0.0958. The molecule has 3 fully saturated rings. The van der Waals surface area contributed by atoms with Gasteiger partial charge in [-0.3, -0.25) is 24.3 Å². The standard InChI is InChI=1S/C19H18B2N6O8S2/c1-8(16(30)33-20)35-24-13(11-6-36-9(2)23-11)12(28)5-10-14(29)25-7-19(17(31)34-21,37-15(10)25)26-3-4-27(22)18(26)32/h6,10,15H,1,3-5,7,22H2,2H3/b24-13-/t10-,15-,19?/m1/s1. The number of urea groups is 1. The zero-order valence-corrected chi connectivity index (χ0v) is 21.0. The fourth-order valence-electron chi connectivity index (χ4n) is 4.13. The lowest BCUT2D eigenvalue weighted by atomic mass is 9.90. The molecule has 1 aromatic rings. The van der Waals surface area contributed by atoms with Crippen LogP contribution in [-0.4, -0.2) is 101 Å². The first-order valence-electron chi connectivity index (χ1n) is 10.6. The molecule has 14 nitrogen and oxygen atoms in total. The molecule has 3 aliphatic heterocycles. The predicted molar refractivity (Wildman–Crippen MR) is 129 cm³/mol. The average Bonchev–Trinajstić information content (AvgIpc) is 3.58. The highest BCUT2D eigenvalue weighted by Gasteiger charge is 2.66. The number of thioether (sulfide) groups is 1. The van der Waals surface area contributed by atoms with Gasteiger partial charge in [0, 0.05) is 18.3 Å². The molecule has 2 N–H and O–H groups in total. The quantitative estimate of drug-likeness (QED) is 0.0575. The van der Waals surface area contributed by atoms with Crippen LogP contribution in [0.25, 0.3) is 0 Å². The van der Waals surface area contributed by atoms with Gasteiger partial charge in [0.05, 0.1) is 29.4 Å². The van der Waals surface area contributed by atoms with Gasteiger partial charge in [0.1, 0.15) is 5.69 Å². The van der Waals surface area contributed by atoms with E-state index in [1.165, 1.54) is 21.1 Å². The number of thiazole rings is 1. The SMILES string of the molecule is [B]OC(=O)C(=C)O/N=C(\C(=O)C[C@@H]1C(=O)N2CC(C(=O)O[B])(N3CCN(N)C3=O)S[C@H]12)c1csc(C)n1. The summed E-state index contributed by atoms with van der Waals surface area (Å²) in [6.07, 6.45) is -0.329. The van der Waals surface area contributed by atoms with E-state index in [9.17, 15) is 24.0 Å². The van der Waals surface area contributed by atoms with Crippen LogP contribution in [0.4, 0.5) is 4.79 Å². The summed E-state index contributed by atoms with van der Waals surface area (Å²) in [6, 6.07) is -0.623. The molecule has 3 aliphatic rings. The third-order valence-electron chi connectivity index (χ3n) is 5.97. The van der Waals surface area contributed by atoms with Crippen molar-refractivity contribution in [3.8, 4) is 0 Å². The maximum Gasteiger partial charge on any atom is 0.379 e. The Kier molecular flexibility index (Phi) is 7.34. The number of Topliss-reactive ketones (excluding diaryl/α,β-unsaturated/α-hetero) is 1. The van der Waals surface area contributed by atoms with Crippen LogP contribution in [-0.2, 0) is 33.3 Å². The smallest absolute Gasteiger partial charge is 0.379 e.